The van der Waals surface area contributed by atoms with Crippen LogP contribution >= 0.6 is 0 Å². The summed E-state index contributed by atoms with van der Waals surface area (Å²) < 4.78 is 27.3. The number of esters is 4. The molecule has 5 rings (SSSR count). The summed E-state index contributed by atoms with van der Waals surface area (Å²) in [5.41, 5.74) is 0.419. The first kappa shape index (κ1) is 22.4. The van der Waals surface area contributed by atoms with Gasteiger partial charge in [0.25, 0.3) is 0 Å². The summed E-state index contributed by atoms with van der Waals surface area (Å²) >= 11 is 0. The molecular weight excluding hydrogens is 444 g/mol. The molecule has 1 saturated heterocycles. The molecular formula is C25H26O9. The second-order valence-corrected chi connectivity index (χ2v) is 10.1. The van der Waals surface area contributed by atoms with Gasteiger partial charge in [-0.1, -0.05) is 6.58 Å². The van der Waals surface area contributed by atoms with Crippen LogP contribution in [0.25, 0.3) is 11.2 Å². The molecule has 2 saturated carbocycles. The molecule has 0 aromatic carbocycles. The van der Waals surface area contributed by atoms with E-state index in [1.54, 1.807) is 32.0 Å². The zero-order valence-electron chi connectivity index (χ0n) is 19.2. The van der Waals surface area contributed by atoms with Gasteiger partial charge in [-0.25, -0.2) is 4.79 Å². The normalized spacial score (nSPS) is 29.3. The van der Waals surface area contributed by atoms with Crippen molar-refractivity contribution in [3.05, 3.63) is 30.4 Å². The van der Waals surface area contributed by atoms with E-state index in [1.807, 2.05) is 0 Å². The highest BCUT2D eigenvalue weighted by Crippen LogP contribution is 2.59. The Hall–Kier alpha value is -3.36. The van der Waals surface area contributed by atoms with E-state index in [1.165, 1.54) is 6.92 Å². The molecule has 180 valence electrons. The van der Waals surface area contributed by atoms with Crippen molar-refractivity contribution in [2.45, 2.75) is 45.8 Å². The largest absolute Gasteiger partial charge is 0.465 e. The summed E-state index contributed by atoms with van der Waals surface area (Å²) in [6.07, 6.45) is -0.447. The monoisotopic (exact) mass is 470 g/mol. The zero-order chi connectivity index (χ0) is 24.4. The molecule has 9 nitrogen and oxygen atoms in total. The van der Waals surface area contributed by atoms with Crippen LogP contribution in [0.1, 0.15) is 33.6 Å². The van der Waals surface area contributed by atoms with Crippen LogP contribution in [-0.2, 0) is 33.4 Å². The van der Waals surface area contributed by atoms with Gasteiger partial charge >= 0.3 is 23.9 Å². The lowest BCUT2D eigenvalue weighted by molar-refractivity contribution is -0.163. The lowest BCUT2D eigenvalue weighted by atomic mass is 9.78. The average Bonchev–Trinajstić information content (AvgIpc) is 3.56. The second-order valence-electron chi connectivity index (χ2n) is 10.1. The topological polar surface area (TPSA) is 118 Å². The molecule has 9 heteroatoms. The quantitative estimate of drug-likeness (QED) is 0.248. The third-order valence-corrected chi connectivity index (χ3v) is 7.28. The third-order valence-electron chi connectivity index (χ3n) is 7.28. The van der Waals surface area contributed by atoms with Crippen molar-refractivity contribution >= 4 is 35.0 Å². The fraction of sp³-hybridized carbons (Fsp3) is 0.520. The number of furan rings is 2. The molecule has 2 aromatic heterocycles. The van der Waals surface area contributed by atoms with Crippen LogP contribution in [0.15, 0.2) is 34.8 Å². The van der Waals surface area contributed by atoms with Gasteiger partial charge in [0.05, 0.1) is 23.9 Å². The van der Waals surface area contributed by atoms with Crippen LogP contribution in [0.3, 0.4) is 0 Å². The minimum atomic E-state index is -0.927. The Kier molecular flexibility index (Phi) is 5.18. The van der Waals surface area contributed by atoms with Crippen molar-refractivity contribution in [1.82, 2.24) is 0 Å². The number of rotatable bonds is 8. The molecule has 3 fully saturated rings. The predicted octanol–water partition coefficient (Wildman–Crippen LogP) is 3.03. The Morgan fingerprint density at radius 3 is 2.62 bits per heavy atom. The number of hydrogen-bond donors (Lipinski definition) is 0. The van der Waals surface area contributed by atoms with Crippen molar-refractivity contribution in [3.8, 4) is 5.75 Å². The standard InChI is InChI=1S/C25H26O9/c1-11(2)21(26)33-19-13-10-14-18(23(28)34-20(14)19)17(13)22(27)30-8-7-25(3,4)24(29)32-16-9-12-5-6-15(16)31-12/h5-6,9,13-14,17-20H,1,7-8,10H2,2-4H3. The molecule has 6 unspecified atom stereocenters. The molecule has 0 spiro atoms. The van der Waals surface area contributed by atoms with Gasteiger partial charge in [0.15, 0.2) is 11.3 Å². The van der Waals surface area contributed by atoms with Crippen molar-refractivity contribution in [3.63, 3.8) is 0 Å². The van der Waals surface area contributed by atoms with E-state index in [-0.39, 0.29) is 30.4 Å². The van der Waals surface area contributed by atoms with Gasteiger partial charge in [-0.2, -0.15) is 0 Å². The number of carbonyl (C=O) groups is 4. The van der Waals surface area contributed by atoms with Crippen LogP contribution < -0.4 is 4.74 Å². The molecule has 0 radical (unpaired) electrons. The van der Waals surface area contributed by atoms with Crippen LogP contribution in [0, 0.1) is 29.1 Å². The molecule has 2 aliphatic carbocycles. The highest BCUT2D eigenvalue weighted by atomic mass is 16.6. The lowest BCUT2D eigenvalue weighted by Gasteiger charge is -2.30. The first-order chi connectivity index (χ1) is 16.1. The summed E-state index contributed by atoms with van der Waals surface area (Å²) in [4.78, 5) is 50.2. The fourth-order valence-electron chi connectivity index (χ4n) is 5.38. The SMILES string of the molecule is C=C(C)C(=O)OC1C2CC3C1OC(=O)C3C2C(=O)OCCC(C)(C)C(=O)Oc1cc2ccc1o2. The van der Waals surface area contributed by atoms with E-state index < -0.39 is 53.3 Å². The number of benzene rings is 1. The average molecular weight is 470 g/mol. The number of hydrogen-bond acceptors (Lipinski definition) is 9. The number of carbonyl (C=O) groups excluding carboxylic acids is 4. The van der Waals surface area contributed by atoms with Gasteiger partial charge in [-0.15, -0.1) is 0 Å². The van der Waals surface area contributed by atoms with Crippen LogP contribution in [-0.4, -0.2) is 42.7 Å². The smallest absolute Gasteiger partial charge is 0.333 e. The van der Waals surface area contributed by atoms with Crippen LogP contribution in [0.2, 0.25) is 0 Å². The number of fused-ring (bicyclic) bond motifs is 3. The molecule has 3 heterocycles. The summed E-state index contributed by atoms with van der Waals surface area (Å²) in [6, 6.07) is 5.14. The maximum Gasteiger partial charge on any atom is 0.333 e. The Balaban J connectivity index is 1.19. The minimum Gasteiger partial charge on any atom is -0.465 e. The van der Waals surface area contributed by atoms with Gasteiger partial charge in [0, 0.05) is 23.5 Å². The van der Waals surface area contributed by atoms with Crippen molar-refractivity contribution in [2.75, 3.05) is 6.61 Å². The minimum absolute atomic E-state index is 0.0281. The first-order valence-electron chi connectivity index (χ1n) is 11.3. The van der Waals surface area contributed by atoms with E-state index in [0.29, 0.717) is 23.3 Å². The molecule has 0 amide bonds. The Labute approximate surface area is 195 Å². The van der Waals surface area contributed by atoms with Crippen LogP contribution in [0.4, 0.5) is 0 Å². The highest BCUT2D eigenvalue weighted by molar-refractivity contribution is 5.89. The summed E-state index contributed by atoms with van der Waals surface area (Å²) in [6.45, 7) is 8.50. The summed E-state index contributed by atoms with van der Waals surface area (Å²) in [5.74, 6) is -3.55. The third kappa shape index (κ3) is 3.54. The van der Waals surface area contributed by atoms with E-state index in [9.17, 15) is 19.2 Å². The van der Waals surface area contributed by atoms with E-state index in [0.717, 1.165) is 0 Å². The van der Waals surface area contributed by atoms with Crippen molar-refractivity contribution < 1.29 is 42.5 Å². The molecule has 6 atom stereocenters. The van der Waals surface area contributed by atoms with Crippen LogP contribution in [0.5, 0.6) is 5.75 Å². The molecule has 3 aliphatic rings. The van der Waals surface area contributed by atoms with Crippen molar-refractivity contribution in [1.29, 1.82) is 0 Å². The molecule has 4 bridgehead atoms. The van der Waals surface area contributed by atoms with Gasteiger partial charge < -0.3 is 23.4 Å². The summed E-state index contributed by atoms with van der Waals surface area (Å²) in [5, 5.41) is 0. The van der Waals surface area contributed by atoms with E-state index in [2.05, 4.69) is 6.58 Å². The predicted molar refractivity (Wildman–Crippen MR) is 116 cm³/mol. The van der Waals surface area contributed by atoms with Gasteiger partial charge in [-0.05, 0) is 45.7 Å². The second kappa shape index (κ2) is 7.85. The van der Waals surface area contributed by atoms with E-state index in [4.69, 9.17) is 23.4 Å². The first-order valence-corrected chi connectivity index (χ1v) is 11.3. The zero-order valence-corrected chi connectivity index (χ0v) is 19.2. The van der Waals surface area contributed by atoms with E-state index >= 15 is 0 Å². The molecule has 0 N–H and O–H groups in total. The molecule has 2 aromatic rings. The Bertz CT molecular complexity index is 1170. The van der Waals surface area contributed by atoms with Gasteiger partial charge in [0.2, 0.25) is 0 Å². The Morgan fingerprint density at radius 2 is 1.97 bits per heavy atom. The number of ether oxygens (including phenoxy) is 4. The summed E-state index contributed by atoms with van der Waals surface area (Å²) in [7, 11) is 0. The maximum absolute atomic E-state index is 13.0. The molecule has 34 heavy (non-hydrogen) atoms. The van der Waals surface area contributed by atoms with Gasteiger partial charge in [0.1, 0.15) is 17.8 Å². The molecule has 1 aliphatic heterocycles. The van der Waals surface area contributed by atoms with Crippen molar-refractivity contribution in [2.24, 2.45) is 29.1 Å². The lowest BCUT2D eigenvalue weighted by Crippen LogP contribution is -2.44. The Morgan fingerprint density at radius 1 is 1.21 bits per heavy atom. The van der Waals surface area contributed by atoms with Gasteiger partial charge in [-0.3, -0.25) is 14.4 Å². The highest BCUT2D eigenvalue weighted by Gasteiger charge is 2.70. The maximum atomic E-state index is 13.0. The fourth-order valence-corrected chi connectivity index (χ4v) is 5.38.